The normalized spacial score (nSPS) is 13.0. The number of benzene rings is 9. The van der Waals surface area contributed by atoms with E-state index in [1.807, 2.05) is 0 Å². The second-order valence-electron chi connectivity index (χ2n) is 15.7. The molecule has 0 aliphatic heterocycles. The van der Waals surface area contributed by atoms with E-state index < -0.39 is 0 Å². The Morgan fingerprint density at radius 1 is 0.356 bits per heavy atom. The van der Waals surface area contributed by atoms with Gasteiger partial charge in [-0.3, -0.25) is 0 Å². The van der Waals surface area contributed by atoms with Gasteiger partial charge in [0.15, 0.2) is 0 Å². The molecule has 278 valence electrons. The average Bonchev–Trinajstić information content (AvgIpc) is 3.81. The van der Waals surface area contributed by atoms with Crippen LogP contribution in [0.25, 0.3) is 87.7 Å². The van der Waals surface area contributed by atoms with Crippen molar-refractivity contribution >= 4 is 87.9 Å². The monoisotopic (exact) mass is 753 g/mol. The summed E-state index contributed by atoms with van der Waals surface area (Å²) in [6.07, 6.45) is 9.11. The van der Waals surface area contributed by atoms with Crippen molar-refractivity contribution in [2.45, 2.75) is 12.8 Å². The predicted octanol–water partition coefficient (Wildman–Crippen LogP) is 15.5. The first-order chi connectivity index (χ1) is 29.3. The second-order valence-corrected chi connectivity index (χ2v) is 15.7. The first-order valence-corrected chi connectivity index (χ1v) is 20.6. The fourth-order valence-electron chi connectivity index (χ4n) is 9.52. The number of para-hydroxylation sites is 2. The molecule has 1 aliphatic rings. The van der Waals surface area contributed by atoms with Crippen molar-refractivity contribution in [3.63, 3.8) is 0 Å². The van der Waals surface area contributed by atoms with E-state index in [0.29, 0.717) is 0 Å². The maximum atomic E-state index is 2.47. The summed E-state index contributed by atoms with van der Waals surface area (Å²) >= 11 is 0. The lowest BCUT2D eigenvalue weighted by atomic mass is 10.0. The molecule has 3 heteroatoms. The average molecular weight is 754 g/mol. The highest BCUT2D eigenvalue weighted by atomic mass is 15.1. The molecular weight excluding hydrogens is 715 g/mol. The molecule has 11 aromatic rings. The van der Waals surface area contributed by atoms with Crippen molar-refractivity contribution < 1.29 is 0 Å². The van der Waals surface area contributed by atoms with Crippen molar-refractivity contribution in [2.75, 3.05) is 4.90 Å². The van der Waals surface area contributed by atoms with Gasteiger partial charge in [-0.1, -0.05) is 133 Å². The minimum atomic E-state index is 1.05. The van der Waals surface area contributed by atoms with Gasteiger partial charge < -0.3 is 14.0 Å². The third kappa shape index (κ3) is 5.43. The molecule has 0 saturated heterocycles. The number of nitrogens with zero attached hydrogens (tertiary/aromatic N) is 3. The van der Waals surface area contributed by atoms with Crippen LogP contribution in [-0.4, -0.2) is 9.13 Å². The maximum absolute atomic E-state index is 2.47. The molecule has 1 aliphatic carbocycles. The van der Waals surface area contributed by atoms with E-state index in [4.69, 9.17) is 0 Å². The van der Waals surface area contributed by atoms with E-state index in [9.17, 15) is 0 Å². The molecule has 59 heavy (non-hydrogen) atoms. The zero-order chi connectivity index (χ0) is 38.9. The van der Waals surface area contributed by atoms with Crippen molar-refractivity contribution in [2.24, 2.45) is 0 Å². The molecule has 12 rings (SSSR count). The number of hydrogen-bond donors (Lipinski definition) is 0. The molecular formula is C56H39N3. The lowest BCUT2D eigenvalue weighted by Gasteiger charge is -2.26. The first-order valence-electron chi connectivity index (χ1n) is 20.6. The van der Waals surface area contributed by atoms with Crippen LogP contribution in [0.3, 0.4) is 0 Å². The molecule has 0 fully saturated rings. The number of hydrogen-bond acceptors (Lipinski definition) is 1. The molecule has 0 N–H and O–H groups in total. The van der Waals surface area contributed by atoms with Gasteiger partial charge in [0.05, 0.1) is 22.1 Å². The SMILES string of the molecule is C1=CC(n2c3ccccc3c3cc4c(cc32)c2cc(N(c3ccc(-c5ccccc5)cc3)c3ccc5ccc6ccccc6c5c3)ccc2n4-c2ccccc2)=CCC1. The zero-order valence-electron chi connectivity index (χ0n) is 32.5. The third-order valence-corrected chi connectivity index (χ3v) is 12.3. The Kier molecular flexibility index (Phi) is 7.67. The van der Waals surface area contributed by atoms with Crippen LogP contribution in [0, 0.1) is 0 Å². The summed E-state index contributed by atoms with van der Waals surface area (Å²) in [5, 5.41) is 9.95. The van der Waals surface area contributed by atoms with Crippen LogP contribution in [-0.2, 0) is 0 Å². The highest BCUT2D eigenvalue weighted by Gasteiger charge is 2.21. The minimum absolute atomic E-state index is 1.05. The predicted molar refractivity (Wildman–Crippen MR) is 252 cm³/mol. The molecule has 2 aromatic heterocycles. The highest BCUT2D eigenvalue weighted by Crippen LogP contribution is 2.44. The summed E-state index contributed by atoms with van der Waals surface area (Å²) in [5.74, 6) is 0. The van der Waals surface area contributed by atoms with Gasteiger partial charge in [-0.25, -0.2) is 0 Å². The summed E-state index contributed by atoms with van der Waals surface area (Å²) in [4.78, 5) is 2.42. The van der Waals surface area contributed by atoms with Crippen LogP contribution in [0.5, 0.6) is 0 Å². The van der Waals surface area contributed by atoms with Gasteiger partial charge in [-0.15, -0.1) is 0 Å². The number of rotatable bonds is 6. The van der Waals surface area contributed by atoms with E-state index in [2.05, 4.69) is 226 Å². The summed E-state index contributed by atoms with van der Waals surface area (Å²) in [6, 6.07) is 71.3. The lowest BCUT2D eigenvalue weighted by molar-refractivity contribution is 1.02. The summed E-state index contributed by atoms with van der Waals surface area (Å²) in [5.41, 5.74) is 13.0. The molecule has 0 saturated carbocycles. The van der Waals surface area contributed by atoms with Gasteiger partial charge in [0.1, 0.15) is 0 Å². The number of anilines is 3. The van der Waals surface area contributed by atoms with E-state index in [1.54, 1.807) is 0 Å². The van der Waals surface area contributed by atoms with Crippen molar-refractivity contribution in [3.8, 4) is 16.8 Å². The summed E-state index contributed by atoms with van der Waals surface area (Å²) < 4.78 is 4.91. The smallest absolute Gasteiger partial charge is 0.0548 e. The van der Waals surface area contributed by atoms with Gasteiger partial charge in [0, 0.05) is 50.0 Å². The minimum Gasteiger partial charge on any atom is -0.310 e. The Labute approximate surface area is 342 Å². The number of fused-ring (bicyclic) bond motifs is 9. The third-order valence-electron chi connectivity index (χ3n) is 12.3. The fraction of sp³-hybridized carbons (Fsp3) is 0.0357. The van der Waals surface area contributed by atoms with Crippen LogP contribution in [0.15, 0.2) is 212 Å². The molecule has 9 aromatic carbocycles. The van der Waals surface area contributed by atoms with Crippen molar-refractivity contribution in [1.82, 2.24) is 9.13 Å². The molecule has 0 atom stereocenters. The number of allylic oxidation sites excluding steroid dienone is 4. The van der Waals surface area contributed by atoms with E-state index >= 15 is 0 Å². The summed E-state index contributed by atoms with van der Waals surface area (Å²) in [7, 11) is 0. The lowest BCUT2D eigenvalue weighted by Crippen LogP contribution is -2.10. The Bertz CT molecular complexity index is 3480. The molecule has 0 spiro atoms. The summed E-state index contributed by atoms with van der Waals surface area (Å²) in [6.45, 7) is 0. The Morgan fingerprint density at radius 2 is 0.915 bits per heavy atom. The van der Waals surface area contributed by atoms with Gasteiger partial charge in [0.25, 0.3) is 0 Å². The number of aromatic nitrogens is 2. The largest absolute Gasteiger partial charge is 0.310 e. The van der Waals surface area contributed by atoms with Crippen LogP contribution in [0.2, 0.25) is 0 Å². The Morgan fingerprint density at radius 3 is 1.69 bits per heavy atom. The van der Waals surface area contributed by atoms with Crippen LogP contribution in [0.4, 0.5) is 17.1 Å². The Hall–Kier alpha value is -7.62. The first kappa shape index (κ1) is 33.5. The van der Waals surface area contributed by atoms with Gasteiger partial charge in [0.2, 0.25) is 0 Å². The van der Waals surface area contributed by atoms with Crippen molar-refractivity contribution in [1.29, 1.82) is 0 Å². The second kappa shape index (κ2) is 13.5. The van der Waals surface area contributed by atoms with Gasteiger partial charge in [-0.2, -0.15) is 0 Å². The molecule has 0 bridgehead atoms. The van der Waals surface area contributed by atoms with E-state index in [0.717, 1.165) is 35.6 Å². The van der Waals surface area contributed by atoms with Gasteiger partial charge >= 0.3 is 0 Å². The highest BCUT2D eigenvalue weighted by molar-refractivity contribution is 6.20. The van der Waals surface area contributed by atoms with Crippen LogP contribution in [0.1, 0.15) is 12.8 Å². The molecule has 0 radical (unpaired) electrons. The Balaban J connectivity index is 1.13. The quantitative estimate of drug-likeness (QED) is 0.154. The van der Waals surface area contributed by atoms with E-state index in [-0.39, 0.29) is 0 Å². The molecule has 0 unspecified atom stereocenters. The zero-order valence-corrected chi connectivity index (χ0v) is 32.5. The standard InChI is InChI=1S/C56H39N3/c1-4-14-38(15-5-1)39-26-29-44(30-27-39)57(45-31-28-41-25-24-40-16-10-11-21-47(40)49(41)34-45)46-32-33-54-50(35-46)52-37-55-51(36-56(52)59(54)43-19-8-3-9-20-43)48-22-12-13-23-53(48)58(55)42-17-6-2-7-18-42/h1,3-6,8-37H,2,7H2. The topological polar surface area (TPSA) is 13.1 Å². The molecule has 2 heterocycles. The van der Waals surface area contributed by atoms with Crippen LogP contribution >= 0.6 is 0 Å². The maximum Gasteiger partial charge on any atom is 0.0548 e. The fourth-order valence-corrected chi connectivity index (χ4v) is 9.52. The van der Waals surface area contributed by atoms with Crippen LogP contribution < -0.4 is 4.90 Å². The molecule has 3 nitrogen and oxygen atoms in total. The molecule has 0 amide bonds. The van der Waals surface area contributed by atoms with Crippen molar-refractivity contribution in [3.05, 3.63) is 212 Å². The van der Waals surface area contributed by atoms with Gasteiger partial charge in [-0.05, 0) is 124 Å². The van der Waals surface area contributed by atoms with E-state index in [1.165, 1.54) is 82.0 Å².